The van der Waals surface area contributed by atoms with Crippen LogP contribution in [0.3, 0.4) is 0 Å². The molecule has 22 heavy (non-hydrogen) atoms. The van der Waals surface area contributed by atoms with Crippen molar-refractivity contribution in [3.05, 3.63) is 35.4 Å². The van der Waals surface area contributed by atoms with Gasteiger partial charge in [-0.2, -0.15) is 0 Å². The smallest absolute Gasteiger partial charge is 0.261 e. The molecule has 0 aliphatic heterocycles. The van der Waals surface area contributed by atoms with Gasteiger partial charge in [0.05, 0.1) is 6.04 Å². The second-order valence-corrected chi connectivity index (χ2v) is 7.36. The SMILES string of the molecule is CC(C)CC(=O)NC(C)c1ccc(C(=O)NSC2CC2)cc1. The van der Waals surface area contributed by atoms with E-state index < -0.39 is 0 Å². The van der Waals surface area contributed by atoms with Gasteiger partial charge in [-0.1, -0.05) is 26.0 Å². The van der Waals surface area contributed by atoms with Gasteiger partial charge < -0.3 is 5.32 Å². The average Bonchev–Trinajstić information content (AvgIpc) is 3.28. The number of hydrogen-bond acceptors (Lipinski definition) is 3. The summed E-state index contributed by atoms with van der Waals surface area (Å²) in [5, 5.41) is 3.58. The second-order valence-electron chi connectivity index (χ2n) is 6.26. The maximum absolute atomic E-state index is 12.0. The first-order valence-electron chi connectivity index (χ1n) is 7.81. The van der Waals surface area contributed by atoms with E-state index in [1.165, 1.54) is 24.8 Å². The minimum Gasteiger partial charge on any atom is -0.350 e. The van der Waals surface area contributed by atoms with E-state index in [0.717, 1.165) is 5.56 Å². The molecule has 1 aliphatic rings. The summed E-state index contributed by atoms with van der Waals surface area (Å²) in [5.74, 6) is 0.354. The number of carbonyl (C=O) groups excluding carboxylic acids is 2. The van der Waals surface area contributed by atoms with E-state index in [2.05, 4.69) is 10.0 Å². The predicted molar refractivity (Wildman–Crippen MR) is 90.5 cm³/mol. The molecule has 0 spiro atoms. The van der Waals surface area contributed by atoms with Crippen molar-refractivity contribution in [2.24, 2.45) is 5.92 Å². The molecule has 0 aromatic heterocycles. The van der Waals surface area contributed by atoms with E-state index in [0.29, 0.717) is 23.2 Å². The number of nitrogens with one attached hydrogen (secondary N) is 2. The fraction of sp³-hybridized carbons (Fsp3) is 0.529. The molecular weight excluding hydrogens is 296 g/mol. The summed E-state index contributed by atoms with van der Waals surface area (Å²) >= 11 is 1.51. The second kappa shape index (κ2) is 7.68. The molecule has 0 saturated heterocycles. The molecule has 1 aromatic carbocycles. The number of benzene rings is 1. The van der Waals surface area contributed by atoms with E-state index in [1.807, 2.05) is 45.0 Å². The fourth-order valence-corrected chi connectivity index (χ4v) is 2.82. The van der Waals surface area contributed by atoms with Crippen molar-refractivity contribution < 1.29 is 9.59 Å². The van der Waals surface area contributed by atoms with Crippen molar-refractivity contribution in [3.63, 3.8) is 0 Å². The summed E-state index contributed by atoms with van der Waals surface area (Å²) in [7, 11) is 0. The molecule has 1 atom stereocenters. The van der Waals surface area contributed by atoms with Gasteiger partial charge >= 0.3 is 0 Å². The Morgan fingerprint density at radius 2 is 1.82 bits per heavy atom. The van der Waals surface area contributed by atoms with Crippen LogP contribution in [0.4, 0.5) is 0 Å². The number of carbonyl (C=O) groups is 2. The van der Waals surface area contributed by atoms with Crippen molar-refractivity contribution in [1.82, 2.24) is 10.0 Å². The normalized spacial score (nSPS) is 15.5. The first kappa shape index (κ1) is 16.9. The molecule has 1 unspecified atom stereocenters. The maximum Gasteiger partial charge on any atom is 0.261 e. The molecule has 2 rings (SSSR count). The molecule has 5 heteroatoms. The van der Waals surface area contributed by atoms with E-state index in [1.54, 1.807) is 0 Å². The quantitative estimate of drug-likeness (QED) is 0.757. The molecule has 2 amide bonds. The Hall–Kier alpha value is -1.49. The lowest BCUT2D eigenvalue weighted by molar-refractivity contribution is -0.122. The molecule has 1 fully saturated rings. The first-order valence-corrected chi connectivity index (χ1v) is 8.69. The summed E-state index contributed by atoms with van der Waals surface area (Å²) < 4.78 is 2.87. The highest BCUT2D eigenvalue weighted by Gasteiger charge is 2.23. The van der Waals surface area contributed by atoms with E-state index in [9.17, 15) is 9.59 Å². The van der Waals surface area contributed by atoms with Crippen LogP contribution in [0.5, 0.6) is 0 Å². The summed E-state index contributed by atoms with van der Waals surface area (Å²) in [4.78, 5) is 23.7. The Balaban J connectivity index is 1.86. The van der Waals surface area contributed by atoms with E-state index >= 15 is 0 Å². The van der Waals surface area contributed by atoms with Crippen molar-refractivity contribution >= 4 is 23.8 Å². The van der Waals surface area contributed by atoms with Gasteiger partial charge in [0.15, 0.2) is 0 Å². The highest BCUT2D eigenvalue weighted by atomic mass is 32.2. The number of amides is 2. The van der Waals surface area contributed by atoms with Gasteiger partial charge in [0.1, 0.15) is 0 Å². The molecule has 0 heterocycles. The van der Waals surface area contributed by atoms with Gasteiger partial charge in [0.25, 0.3) is 5.91 Å². The van der Waals surface area contributed by atoms with Crippen LogP contribution in [0.2, 0.25) is 0 Å². The Bertz CT molecular complexity index is 524. The van der Waals surface area contributed by atoms with Crippen molar-refractivity contribution in [3.8, 4) is 0 Å². The minimum atomic E-state index is -0.0556. The zero-order valence-corrected chi connectivity index (χ0v) is 14.2. The first-order chi connectivity index (χ1) is 10.5. The zero-order chi connectivity index (χ0) is 16.1. The molecule has 2 N–H and O–H groups in total. The van der Waals surface area contributed by atoms with Crippen LogP contribution in [0.15, 0.2) is 24.3 Å². The monoisotopic (exact) mass is 320 g/mol. The molecule has 0 radical (unpaired) electrons. The van der Waals surface area contributed by atoms with Crippen LogP contribution in [0, 0.1) is 5.92 Å². The van der Waals surface area contributed by atoms with Gasteiger partial charge in [-0.05, 0) is 55.3 Å². The highest BCUT2D eigenvalue weighted by Crippen LogP contribution is 2.31. The standard InChI is InChI=1S/C17H24N2O2S/c1-11(2)10-16(20)18-12(3)13-4-6-14(7-5-13)17(21)19-22-15-8-9-15/h4-7,11-12,15H,8-10H2,1-3H3,(H,18,20)(H,19,21). The van der Waals surface area contributed by atoms with Crippen LogP contribution in [-0.4, -0.2) is 17.1 Å². The van der Waals surface area contributed by atoms with Crippen LogP contribution >= 0.6 is 11.9 Å². The molecule has 120 valence electrons. The van der Waals surface area contributed by atoms with Gasteiger partial charge in [-0.3, -0.25) is 14.3 Å². The Morgan fingerprint density at radius 3 is 2.36 bits per heavy atom. The number of rotatable bonds is 7. The third-order valence-corrected chi connectivity index (χ3v) is 4.59. The molecule has 1 aromatic rings. The summed E-state index contributed by atoms with van der Waals surface area (Å²) in [6.07, 6.45) is 2.91. The Labute approximate surface area is 136 Å². The Kier molecular flexibility index (Phi) is 5.89. The van der Waals surface area contributed by atoms with Gasteiger partial charge in [-0.15, -0.1) is 0 Å². The van der Waals surface area contributed by atoms with Crippen molar-refractivity contribution in [2.45, 2.75) is 51.3 Å². The topological polar surface area (TPSA) is 58.2 Å². The van der Waals surface area contributed by atoms with E-state index in [-0.39, 0.29) is 17.9 Å². The van der Waals surface area contributed by atoms with Crippen LogP contribution in [0.25, 0.3) is 0 Å². The lowest BCUT2D eigenvalue weighted by Gasteiger charge is -2.15. The minimum absolute atomic E-state index is 0.0517. The van der Waals surface area contributed by atoms with E-state index in [4.69, 9.17) is 0 Å². The molecule has 1 saturated carbocycles. The van der Waals surface area contributed by atoms with Crippen molar-refractivity contribution in [2.75, 3.05) is 0 Å². The fourth-order valence-electron chi connectivity index (χ4n) is 2.06. The summed E-state index contributed by atoms with van der Waals surface area (Å²) in [6, 6.07) is 7.37. The predicted octanol–water partition coefficient (Wildman–Crippen LogP) is 3.45. The Morgan fingerprint density at radius 1 is 1.18 bits per heavy atom. The molecule has 1 aliphatic carbocycles. The highest BCUT2D eigenvalue weighted by molar-refractivity contribution is 7.98. The summed E-state index contributed by atoms with van der Waals surface area (Å²) in [6.45, 7) is 6.00. The number of hydrogen-bond donors (Lipinski definition) is 2. The van der Waals surface area contributed by atoms with Gasteiger partial charge in [-0.25, -0.2) is 0 Å². The largest absolute Gasteiger partial charge is 0.350 e. The lowest BCUT2D eigenvalue weighted by Crippen LogP contribution is -2.27. The maximum atomic E-state index is 12.0. The van der Waals surface area contributed by atoms with Gasteiger partial charge in [0.2, 0.25) is 5.91 Å². The van der Waals surface area contributed by atoms with Crippen LogP contribution in [-0.2, 0) is 4.79 Å². The summed E-state index contributed by atoms with van der Waals surface area (Å²) in [5.41, 5.74) is 1.65. The lowest BCUT2D eigenvalue weighted by atomic mass is 10.0. The molecular formula is C17H24N2O2S. The van der Waals surface area contributed by atoms with Crippen LogP contribution < -0.4 is 10.0 Å². The van der Waals surface area contributed by atoms with Crippen molar-refractivity contribution in [1.29, 1.82) is 0 Å². The third kappa shape index (κ3) is 5.37. The average molecular weight is 320 g/mol. The van der Waals surface area contributed by atoms with Crippen LogP contribution in [0.1, 0.15) is 62.0 Å². The molecule has 4 nitrogen and oxygen atoms in total. The third-order valence-electron chi connectivity index (χ3n) is 3.49. The zero-order valence-electron chi connectivity index (χ0n) is 13.4. The van der Waals surface area contributed by atoms with Gasteiger partial charge in [0, 0.05) is 17.2 Å². The molecule has 0 bridgehead atoms.